The van der Waals surface area contributed by atoms with Crippen LogP contribution in [0, 0.1) is 10.1 Å². The highest BCUT2D eigenvalue weighted by molar-refractivity contribution is 9.10. The lowest BCUT2D eigenvalue weighted by Crippen LogP contribution is -1.98. The summed E-state index contributed by atoms with van der Waals surface area (Å²) in [4.78, 5) is 17.4. The summed E-state index contributed by atoms with van der Waals surface area (Å²) in [6.45, 7) is 0. The predicted molar refractivity (Wildman–Crippen MR) is 93.5 cm³/mol. The van der Waals surface area contributed by atoms with E-state index in [4.69, 9.17) is 4.42 Å². The standard InChI is InChI=1S/C14H8BrN7O3/c15-7-1-3-10-9(5-7)12-13(17-10)18-14(21-19-12)20-16-6-8-2-4-11(25-8)22(23)24/h1-6H,(H2,17,18,20,21)/b16-6+. The molecule has 0 aliphatic rings. The van der Waals surface area contributed by atoms with Gasteiger partial charge in [0.15, 0.2) is 11.4 Å². The lowest BCUT2D eigenvalue weighted by Gasteiger charge is -1.96. The van der Waals surface area contributed by atoms with Crippen molar-refractivity contribution >= 4 is 56.0 Å². The average molecular weight is 402 g/mol. The molecule has 0 saturated heterocycles. The highest BCUT2D eigenvalue weighted by Gasteiger charge is 2.11. The van der Waals surface area contributed by atoms with E-state index in [1.165, 1.54) is 18.3 Å². The molecule has 25 heavy (non-hydrogen) atoms. The number of halogens is 1. The smallest absolute Gasteiger partial charge is 0.400 e. The number of hydrogen-bond donors (Lipinski definition) is 2. The molecule has 124 valence electrons. The van der Waals surface area contributed by atoms with Crippen LogP contribution < -0.4 is 5.43 Å². The number of nitro groups is 1. The molecule has 0 spiro atoms. The summed E-state index contributed by atoms with van der Waals surface area (Å²) in [5, 5.41) is 23.4. The summed E-state index contributed by atoms with van der Waals surface area (Å²) in [5.74, 6) is 0.0455. The number of fused-ring (bicyclic) bond motifs is 3. The zero-order valence-corrected chi connectivity index (χ0v) is 13.9. The Bertz CT molecular complexity index is 1130. The van der Waals surface area contributed by atoms with Gasteiger partial charge in [0.1, 0.15) is 10.4 Å². The number of furan rings is 1. The number of nitrogens with one attached hydrogen (secondary N) is 2. The van der Waals surface area contributed by atoms with Gasteiger partial charge in [-0.25, -0.2) is 5.43 Å². The van der Waals surface area contributed by atoms with E-state index in [2.05, 4.69) is 46.6 Å². The van der Waals surface area contributed by atoms with Gasteiger partial charge < -0.3 is 9.40 Å². The summed E-state index contributed by atoms with van der Waals surface area (Å²) >= 11 is 3.42. The third kappa shape index (κ3) is 2.92. The number of benzene rings is 1. The SMILES string of the molecule is O=[N+]([O-])c1ccc(/C=N/Nc2nnc3c(n2)[nH]c2ccc(Br)cc23)o1. The van der Waals surface area contributed by atoms with Crippen molar-refractivity contribution in [2.45, 2.75) is 0 Å². The first kappa shape index (κ1) is 15.2. The van der Waals surface area contributed by atoms with Crippen LogP contribution in [-0.2, 0) is 0 Å². The van der Waals surface area contributed by atoms with E-state index >= 15 is 0 Å². The van der Waals surface area contributed by atoms with Crippen LogP contribution in [0.3, 0.4) is 0 Å². The lowest BCUT2D eigenvalue weighted by atomic mass is 10.2. The van der Waals surface area contributed by atoms with Crippen molar-refractivity contribution in [3.63, 3.8) is 0 Å². The lowest BCUT2D eigenvalue weighted by molar-refractivity contribution is -0.402. The van der Waals surface area contributed by atoms with E-state index in [-0.39, 0.29) is 17.6 Å². The molecule has 4 rings (SSSR count). The van der Waals surface area contributed by atoms with Crippen molar-refractivity contribution in [3.8, 4) is 0 Å². The first-order chi connectivity index (χ1) is 12.1. The summed E-state index contributed by atoms with van der Waals surface area (Å²) < 4.78 is 5.88. The number of rotatable bonds is 4. The van der Waals surface area contributed by atoms with Gasteiger partial charge in [-0.15, -0.1) is 10.2 Å². The number of aromatic amines is 1. The Morgan fingerprint density at radius 2 is 2.20 bits per heavy atom. The number of nitrogens with zero attached hydrogens (tertiary/aromatic N) is 5. The molecule has 0 amide bonds. The molecular weight excluding hydrogens is 394 g/mol. The molecule has 0 aliphatic carbocycles. The van der Waals surface area contributed by atoms with Gasteiger partial charge in [-0.05, 0) is 24.3 Å². The van der Waals surface area contributed by atoms with Crippen molar-refractivity contribution < 1.29 is 9.34 Å². The van der Waals surface area contributed by atoms with Crippen molar-refractivity contribution in [2.75, 3.05) is 5.43 Å². The van der Waals surface area contributed by atoms with Gasteiger partial charge in [-0.2, -0.15) is 10.1 Å². The zero-order chi connectivity index (χ0) is 17.4. The number of hydrazone groups is 1. The highest BCUT2D eigenvalue weighted by Crippen LogP contribution is 2.25. The van der Waals surface area contributed by atoms with Gasteiger partial charge in [0.05, 0.1) is 12.3 Å². The summed E-state index contributed by atoms with van der Waals surface area (Å²) in [7, 11) is 0. The van der Waals surface area contributed by atoms with E-state index in [0.717, 1.165) is 15.4 Å². The molecule has 11 heteroatoms. The maximum absolute atomic E-state index is 10.5. The molecule has 0 aliphatic heterocycles. The molecule has 0 fully saturated rings. The monoisotopic (exact) mass is 401 g/mol. The van der Waals surface area contributed by atoms with E-state index in [0.29, 0.717) is 11.2 Å². The minimum atomic E-state index is -0.625. The van der Waals surface area contributed by atoms with Gasteiger partial charge in [-0.1, -0.05) is 15.9 Å². The number of anilines is 1. The third-order valence-corrected chi connectivity index (χ3v) is 3.82. The van der Waals surface area contributed by atoms with Crippen molar-refractivity contribution in [2.24, 2.45) is 5.10 Å². The van der Waals surface area contributed by atoms with Crippen molar-refractivity contribution in [3.05, 3.63) is 50.7 Å². The van der Waals surface area contributed by atoms with Crippen LogP contribution in [0.2, 0.25) is 0 Å². The van der Waals surface area contributed by atoms with Gasteiger partial charge in [0.2, 0.25) is 0 Å². The van der Waals surface area contributed by atoms with Crippen LogP contribution in [-0.4, -0.2) is 31.3 Å². The van der Waals surface area contributed by atoms with Crippen LogP contribution in [0.25, 0.3) is 22.1 Å². The number of aromatic nitrogens is 4. The molecule has 3 aromatic heterocycles. The van der Waals surface area contributed by atoms with Gasteiger partial charge in [-0.3, -0.25) is 10.1 Å². The second-order valence-electron chi connectivity index (χ2n) is 4.95. The van der Waals surface area contributed by atoms with Crippen molar-refractivity contribution in [1.82, 2.24) is 20.2 Å². The van der Waals surface area contributed by atoms with Crippen molar-refractivity contribution in [1.29, 1.82) is 0 Å². The minimum Gasteiger partial charge on any atom is -0.400 e. The van der Waals surface area contributed by atoms with Gasteiger partial charge >= 0.3 is 5.88 Å². The number of H-pyrrole nitrogens is 1. The fourth-order valence-corrected chi connectivity index (χ4v) is 2.62. The molecule has 0 saturated carbocycles. The molecule has 0 atom stereocenters. The summed E-state index contributed by atoms with van der Waals surface area (Å²) in [6.07, 6.45) is 1.28. The fraction of sp³-hybridized carbons (Fsp3) is 0. The molecule has 2 N–H and O–H groups in total. The summed E-state index contributed by atoms with van der Waals surface area (Å²) in [6, 6.07) is 8.43. The van der Waals surface area contributed by atoms with Gasteiger partial charge in [0.25, 0.3) is 5.95 Å². The molecule has 0 radical (unpaired) electrons. The molecule has 0 unspecified atom stereocenters. The Morgan fingerprint density at radius 1 is 1.32 bits per heavy atom. The van der Waals surface area contributed by atoms with E-state index in [1.807, 2.05) is 18.2 Å². The van der Waals surface area contributed by atoms with Crippen LogP contribution in [0.4, 0.5) is 11.8 Å². The first-order valence-electron chi connectivity index (χ1n) is 6.95. The maximum Gasteiger partial charge on any atom is 0.433 e. The average Bonchev–Trinajstić information content (AvgIpc) is 3.19. The highest BCUT2D eigenvalue weighted by atomic mass is 79.9. The minimum absolute atomic E-state index is 0.176. The largest absolute Gasteiger partial charge is 0.433 e. The quantitative estimate of drug-likeness (QED) is 0.304. The normalized spacial score (nSPS) is 11.6. The van der Waals surface area contributed by atoms with E-state index in [1.54, 1.807) is 0 Å². The Morgan fingerprint density at radius 3 is 3.00 bits per heavy atom. The molecular formula is C14H8BrN7O3. The predicted octanol–water partition coefficient (Wildman–Crippen LogP) is 3.22. The van der Waals surface area contributed by atoms with Crippen LogP contribution in [0.5, 0.6) is 0 Å². The molecule has 10 nitrogen and oxygen atoms in total. The van der Waals surface area contributed by atoms with Gasteiger partial charge in [0, 0.05) is 15.4 Å². The molecule has 1 aromatic carbocycles. The summed E-state index contributed by atoms with van der Waals surface area (Å²) in [5.41, 5.74) is 4.71. The molecule has 4 aromatic rings. The second-order valence-corrected chi connectivity index (χ2v) is 5.87. The van der Waals surface area contributed by atoms with Crippen LogP contribution >= 0.6 is 15.9 Å². The fourth-order valence-electron chi connectivity index (χ4n) is 2.25. The Hall–Kier alpha value is -3.34. The zero-order valence-electron chi connectivity index (χ0n) is 12.3. The van der Waals surface area contributed by atoms with Crippen LogP contribution in [0.15, 0.2) is 44.3 Å². The Kier molecular flexibility index (Phi) is 3.61. The maximum atomic E-state index is 10.5. The first-order valence-corrected chi connectivity index (χ1v) is 7.74. The second kappa shape index (κ2) is 5.94. The third-order valence-electron chi connectivity index (χ3n) is 3.33. The van der Waals surface area contributed by atoms with Crippen LogP contribution in [0.1, 0.15) is 5.76 Å². The topological polar surface area (TPSA) is 135 Å². The Labute approximate surface area is 147 Å². The number of hydrogen-bond acceptors (Lipinski definition) is 8. The van der Waals surface area contributed by atoms with E-state index < -0.39 is 4.92 Å². The molecule has 0 bridgehead atoms. The molecule has 3 heterocycles. The van der Waals surface area contributed by atoms with E-state index in [9.17, 15) is 10.1 Å². The Balaban J connectivity index is 1.58.